The van der Waals surface area contributed by atoms with Crippen molar-refractivity contribution in [2.24, 2.45) is 17.6 Å². The zero-order valence-electron chi connectivity index (χ0n) is 12.1. The maximum absolute atomic E-state index is 10.5. The summed E-state index contributed by atoms with van der Waals surface area (Å²) in [4.78, 5) is 2.64. The summed E-state index contributed by atoms with van der Waals surface area (Å²) in [5.74, 6) is 1.18. The summed E-state index contributed by atoms with van der Waals surface area (Å²) in [5.41, 5.74) is 5.19. The molecule has 3 heteroatoms. The Bertz CT molecular complexity index is 269. The van der Waals surface area contributed by atoms with Crippen molar-refractivity contribution in [3.63, 3.8) is 0 Å². The lowest BCUT2D eigenvalue weighted by atomic mass is 9.88. The number of hydrogen-bond donors (Lipinski definition) is 2. The van der Waals surface area contributed by atoms with Crippen molar-refractivity contribution in [1.82, 2.24) is 4.90 Å². The first-order valence-corrected chi connectivity index (χ1v) is 7.73. The van der Waals surface area contributed by atoms with Gasteiger partial charge in [0.2, 0.25) is 0 Å². The molecule has 106 valence electrons. The molecule has 2 aliphatic rings. The lowest BCUT2D eigenvalue weighted by molar-refractivity contribution is 0.00349. The largest absolute Gasteiger partial charge is 0.388 e. The lowest BCUT2D eigenvalue weighted by Gasteiger charge is -2.32. The van der Waals surface area contributed by atoms with Crippen LogP contribution in [0.1, 0.15) is 52.4 Å². The van der Waals surface area contributed by atoms with Gasteiger partial charge in [0.1, 0.15) is 0 Å². The van der Waals surface area contributed by atoms with Crippen LogP contribution in [0, 0.1) is 11.8 Å². The average Bonchev–Trinajstić information content (AvgIpc) is 2.93. The number of nitrogens with zero attached hydrogens (tertiary/aromatic N) is 1. The second-order valence-electron chi connectivity index (χ2n) is 6.68. The molecular weight excluding hydrogens is 224 g/mol. The molecule has 0 aromatic carbocycles. The molecule has 3 unspecified atom stereocenters. The number of hydrogen-bond acceptors (Lipinski definition) is 3. The molecule has 1 aliphatic carbocycles. The van der Waals surface area contributed by atoms with Crippen LogP contribution in [0.15, 0.2) is 0 Å². The first kappa shape index (κ1) is 14.3. The van der Waals surface area contributed by atoms with Gasteiger partial charge in [-0.15, -0.1) is 0 Å². The van der Waals surface area contributed by atoms with E-state index in [1.807, 2.05) is 0 Å². The fraction of sp³-hybridized carbons (Fsp3) is 1.00. The highest BCUT2D eigenvalue weighted by molar-refractivity contribution is 4.94. The molecular formula is C15H30N2O. The molecule has 0 aromatic rings. The number of likely N-dealkylation sites (tertiary alicyclic amines) is 1. The van der Waals surface area contributed by atoms with E-state index >= 15 is 0 Å². The molecule has 2 fully saturated rings. The van der Waals surface area contributed by atoms with Crippen molar-refractivity contribution >= 4 is 0 Å². The minimum absolute atomic E-state index is 0.427. The lowest BCUT2D eigenvalue weighted by Crippen LogP contribution is -2.43. The van der Waals surface area contributed by atoms with Gasteiger partial charge >= 0.3 is 0 Å². The highest BCUT2D eigenvalue weighted by Gasteiger charge is 2.40. The molecule has 0 bridgehead atoms. The number of aliphatic hydroxyl groups is 1. The maximum Gasteiger partial charge on any atom is 0.0797 e. The minimum atomic E-state index is -0.562. The Labute approximate surface area is 112 Å². The highest BCUT2D eigenvalue weighted by atomic mass is 16.3. The smallest absolute Gasteiger partial charge is 0.0797 e. The third-order valence-electron chi connectivity index (χ3n) is 5.22. The Hall–Kier alpha value is -0.120. The average molecular weight is 254 g/mol. The third-order valence-corrected chi connectivity index (χ3v) is 5.22. The van der Waals surface area contributed by atoms with Crippen molar-refractivity contribution in [3.8, 4) is 0 Å². The Morgan fingerprint density at radius 3 is 2.78 bits per heavy atom. The Morgan fingerprint density at radius 2 is 2.11 bits per heavy atom. The summed E-state index contributed by atoms with van der Waals surface area (Å²) in [6, 6.07) is 0.761. The number of rotatable bonds is 5. The first-order valence-electron chi connectivity index (χ1n) is 7.73. The molecule has 0 aromatic heterocycles. The second-order valence-corrected chi connectivity index (χ2v) is 6.68. The predicted octanol–water partition coefficient (Wildman–Crippen LogP) is 1.99. The fourth-order valence-corrected chi connectivity index (χ4v) is 4.02. The van der Waals surface area contributed by atoms with Crippen molar-refractivity contribution in [2.75, 3.05) is 19.6 Å². The van der Waals surface area contributed by atoms with Crippen LogP contribution in [0.5, 0.6) is 0 Å². The summed E-state index contributed by atoms with van der Waals surface area (Å²) < 4.78 is 0. The van der Waals surface area contributed by atoms with E-state index < -0.39 is 5.60 Å². The van der Waals surface area contributed by atoms with Crippen LogP contribution in [0.3, 0.4) is 0 Å². The monoisotopic (exact) mass is 254 g/mol. The molecule has 2 rings (SSSR count). The van der Waals surface area contributed by atoms with Gasteiger partial charge in [0, 0.05) is 12.6 Å². The standard InChI is InChI=1S/C15H30N2O/c1-12(2)14-6-4-9-17(14)10-7-13-5-3-8-15(13,18)11-16/h12-14,18H,3-11,16H2,1-2H3. The Balaban J connectivity index is 1.84. The second kappa shape index (κ2) is 5.89. The van der Waals surface area contributed by atoms with E-state index in [-0.39, 0.29) is 0 Å². The van der Waals surface area contributed by atoms with Gasteiger partial charge in [-0.2, -0.15) is 0 Å². The molecule has 1 saturated heterocycles. The van der Waals surface area contributed by atoms with Gasteiger partial charge in [-0.1, -0.05) is 20.3 Å². The molecule has 0 radical (unpaired) electrons. The molecule has 3 nitrogen and oxygen atoms in total. The van der Waals surface area contributed by atoms with Crippen LogP contribution in [0.25, 0.3) is 0 Å². The quantitative estimate of drug-likeness (QED) is 0.789. The van der Waals surface area contributed by atoms with Gasteiger partial charge in [-0.05, 0) is 57.0 Å². The van der Waals surface area contributed by atoms with E-state index in [0.29, 0.717) is 12.5 Å². The van der Waals surface area contributed by atoms with Crippen molar-refractivity contribution in [2.45, 2.75) is 64.0 Å². The summed E-state index contributed by atoms with van der Waals surface area (Å²) in [6.07, 6.45) is 7.02. The van der Waals surface area contributed by atoms with Crippen LogP contribution in [0.4, 0.5) is 0 Å². The summed E-state index contributed by atoms with van der Waals surface area (Å²) in [5, 5.41) is 10.5. The minimum Gasteiger partial charge on any atom is -0.388 e. The molecule has 3 N–H and O–H groups in total. The topological polar surface area (TPSA) is 49.5 Å². The van der Waals surface area contributed by atoms with Crippen molar-refractivity contribution in [1.29, 1.82) is 0 Å². The van der Waals surface area contributed by atoms with E-state index in [2.05, 4.69) is 18.7 Å². The van der Waals surface area contributed by atoms with E-state index in [0.717, 1.165) is 44.2 Å². The van der Waals surface area contributed by atoms with Crippen LogP contribution in [-0.4, -0.2) is 41.3 Å². The zero-order valence-corrected chi connectivity index (χ0v) is 12.1. The van der Waals surface area contributed by atoms with E-state index in [4.69, 9.17) is 5.73 Å². The van der Waals surface area contributed by atoms with E-state index in [9.17, 15) is 5.11 Å². The Kier molecular flexibility index (Phi) is 4.68. The van der Waals surface area contributed by atoms with Gasteiger partial charge in [-0.25, -0.2) is 0 Å². The SMILES string of the molecule is CC(C)C1CCCN1CCC1CCCC1(O)CN. The first-order chi connectivity index (χ1) is 8.57. The maximum atomic E-state index is 10.5. The van der Waals surface area contributed by atoms with Crippen LogP contribution in [0.2, 0.25) is 0 Å². The van der Waals surface area contributed by atoms with Gasteiger partial charge in [0.15, 0.2) is 0 Å². The van der Waals surface area contributed by atoms with Crippen molar-refractivity contribution in [3.05, 3.63) is 0 Å². The molecule has 1 saturated carbocycles. The Morgan fingerprint density at radius 1 is 1.33 bits per heavy atom. The number of nitrogens with two attached hydrogens (primary N) is 1. The molecule has 0 amide bonds. The predicted molar refractivity (Wildman–Crippen MR) is 75.4 cm³/mol. The fourth-order valence-electron chi connectivity index (χ4n) is 4.02. The third kappa shape index (κ3) is 2.89. The molecule has 18 heavy (non-hydrogen) atoms. The molecule has 3 atom stereocenters. The van der Waals surface area contributed by atoms with Gasteiger partial charge in [-0.3, -0.25) is 0 Å². The summed E-state index contributed by atoms with van der Waals surface area (Å²) in [6.45, 7) is 7.49. The van der Waals surface area contributed by atoms with Crippen LogP contribution in [-0.2, 0) is 0 Å². The summed E-state index contributed by atoms with van der Waals surface area (Å²) in [7, 11) is 0. The van der Waals surface area contributed by atoms with Gasteiger partial charge in [0.05, 0.1) is 5.60 Å². The van der Waals surface area contributed by atoms with Gasteiger partial charge < -0.3 is 15.7 Å². The van der Waals surface area contributed by atoms with Crippen molar-refractivity contribution < 1.29 is 5.11 Å². The van der Waals surface area contributed by atoms with E-state index in [1.54, 1.807) is 0 Å². The molecule has 0 spiro atoms. The van der Waals surface area contributed by atoms with Crippen LogP contribution >= 0.6 is 0 Å². The van der Waals surface area contributed by atoms with E-state index in [1.165, 1.54) is 19.4 Å². The van der Waals surface area contributed by atoms with Gasteiger partial charge in [0.25, 0.3) is 0 Å². The normalized spacial score (nSPS) is 37.8. The zero-order chi connectivity index (χ0) is 13.2. The molecule has 1 aliphatic heterocycles. The highest BCUT2D eigenvalue weighted by Crippen LogP contribution is 2.37. The van der Waals surface area contributed by atoms with Crippen LogP contribution < -0.4 is 5.73 Å². The molecule has 1 heterocycles. The summed E-state index contributed by atoms with van der Waals surface area (Å²) >= 11 is 0.